The maximum atomic E-state index is 12.7. The van der Waals surface area contributed by atoms with E-state index in [1.165, 1.54) is 24.3 Å². The first-order valence-corrected chi connectivity index (χ1v) is 5.83. The van der Waals surface area contributed by atoms with Gasteiger partial charge in [-0.15, -0.1) is 12.4 Å². The topological polar surface area (TPSA) is 55.1 Å². The Morgan fingerprint density at radius 2 is 2.00 bits per heavy atom. The molecule has 18 heavy (non-hydrogen) atoms. The number of rotatable bonds is 4. The molecular formula is C13H18ClFN2O. The number of hydrogen-bond donors (Lipinski definition) is 2. The van der Waals surface area contributed by atoms with Gasteiger partial charge in [0.1, 0.15) is 5.82 Å². The largest absolute Gasteiger partial charge is 0.345 e. The van der Waals surface area contributed by atoms with Crippen molar-refractivity contribution < 1.29 is 9.18 Å². The van der Waals surface area contributed by atoms with Crippen LogP contribution in [0.15, 0.2) is 24.3 Å². The minimum absolute atomic E-state index is 0. The molecule has 1 aliphatic carbocycles. The van der Waals surface area contributed by atoms with Gasteiger partial charge in [-0.2, -0.15) is 0 Å². The second-order valence-corrected chi connectivity index (χ2v) is 4.86. The minimum Gasteiger partial charge on any atom is -0.345 e. The Labute approximate surface area is 112 Å². The summed E-state index contributed by atoms with van der Waals surface area (Å²) in [6.07, 6.45) is 2.22. The molecule has 2 rings (SSSR count). The number of nitrogens with one attached hydrogen (secondary N) is 1. The number of carbonyl (C=O) groups is 1. The van der Waals surface area contributed by atoms with Crippen LogP contribution in [0.3, 0.4) is 0 Å². The summed E-state index contributed by atoms with van der Waals surface area (Å²) in [5.74, 6) is -0.0629. The van der Waals surface area contributed by atoms with Crippen LogP contribution in [0.25, 0.3) is 0 Å². The van der Waals surface area contributed by atoms with Gasteiger partial charge in [-0.3, -0.25) is 4.79 Å². The predicted molar refractivity (Wildman–Crippen MR) is 71.3 cm³/mol. The van der Waals surface area contributed by atoms with Crippen LogP contribution in [0.5, 0.6) is 0 Å². The van der Waals surface area contributed by atoms with Crippen molar-refractivity contribution in [2.24, 2.45) is 11.7 Å². The van der Waals surface area contributed by atoms with Gasteiger partial charge in [-0.05, 0) is 49.9 Å². The minimum atomic E-state index is -0.342. The highest BCUT2D eigenvalue weighted by Crippen LogP contribution is 2.39. The zero-order chi connectivity index (χ0) is 12.5. The third kappa shape index (κ3) is 3.21. The Morgan fingerprint density at radius 3 is 2.44 bits per heavy atom. The molecular weight excluding hydrogens is 255 g/mol. The molecule has 0 heterocycles. The van der Waals surface area contributed by atoms with Crippen molar-refractivity contribution >= 4 is 18.3 Å². The number of hydrogen-bond acceptors (Lipinski definition) is 2. The van der Waals surface area contributed by atoms with Gasteiger partial charge in [0.25, 0.3) is 5.91 Å². The van der Waals surface area contributed by atoms with Crippen molar-refractivity contribution in [2.75, 3.05) is 6.54 Å². The predicted octanol–water partition coefficient (Wildman–Crippen LogP) is 2.10. The summed E-state index contributed by atoms with van der Waals surface area (Å²) in [5, 5.41) is 2.95. The van der Waals surface area contributed by atoms with Crippen molar-refractivity contribution in [2.45, 2.75) is 25.3 Å². The van der Waals surface area contributed by atoms with Gasteiger partial charge in [0.2, 0.25) is 0 Å². The molecule has 1 atom stereocenters. The van der Waals surface area contributed by atoms with E-state index in [2.05, 4.69) is 5.32 Å². The smallest absolute Gasteiger partial charge is 0.251 e. The molecule has 1 fully saturated rings. The molecule has 3 nitrogen and oxygen atoms in total. The SMILES string of the molecule is CC(CN)(NC(=O)c1ccc(F)cc1)C1CC1.Cl. The van der Waals surface area contributed by atoms with Gasteiger partial charge in [0, 0.05) is 12.1 Å². The fourth-order valence-electron chi connectivity index (χ4n) is 1.97. The molecule has 0 aliphatic heterocycles. The van der Waals surface area contributed by atoms with Gasteiger partial charge in [0.05, 0.1) is 5.54 Å². The molecule has 0 saturated heterocycles. The molecule has 1 saturated carbocycles. The van der Waals surface area contributed by atoms with E-state index in [-0.39, 0.29) is 29.7 Å². The van der Waals surface area contributed by atoms with Gasteiger partial charge in [-0.25, -0.2) is 4.39 Å². The Hall–Kier alpha value is -1.13. The van der Waals surface area contributed by atoms with E-state index < -0.39 is 0 Å². The number of benzene rings is 1. The average Bonchev–Trinajstić information content (AvgIpc) is 3.13. The van der Waals surface area contributed by atoms with E-state index in [4.69, 9.17) is 5.73 Å². The molecule has 1 aromatic rings. The molecule has 1 aromatic carbocycles. The second kappa shape index (κ2) is 5.67. The first-order chi connectivity index (χ1) is 8.05. The van der Waals surface area contributed by atoms with E-state index in [0.29, 0.717) is 18.0 Å². The van der Waals surface area contributed by atoms with Crippen LogP contribution in [0, 0.1) is 11.7 Å². The standard InChI is InChI=1S/C13H17FN2O.ClH/c1-13(8-15,10-4-5-10)16-12(17)9-2-6-11(14)7-3-9;/h2-3,6-7,10H,4-5,8,15H2,1H3,(H,16,17);1H. The van der Waals surface area contributed by atoms with Crippen molar-refractivity contribution in [3.05, 3.63) is 35.6 Å². The van der Waals surface area contributed by atoms with E-state index in [9.17, 15) is 9.18 Å². The van der Waals surface area contributed by atoms with E-state index in [1.54, 1.807) is 0 Å². The lowest BCUT2D eigenvalue weighted by molar-refractivity contribution is 0.0898. The highest BCUT2D eigenvalue weighted by molar-refractivity contribution is 5.94. The molecule has 0 aromatic heterocycles. The monoisotopic (exact) mass is 272 g/mol. The Balaban J connectivity index is 0.00000162. The summed E-state index contributed by atoms with van der Waals surface area (Å²) in [4.78, 5) is 12.0. The van der Waals surface area contributed by atoms with Crippen molar-refractivity contribution in [3.63, 3.8) is 0 Å². The maximum absolute atomic E-state index is 12.7. The summed E-state index contributed by atoms with van der Waals surface area (Å²) in [7, 11) is 0. The molecule has 5 heteroatoms. The van der Waals surface area contributed by atoms with Crippen LogP contribution < -0.4 is 11.1 Å². The molecule has 0 spiro atoms. The van der Waals surface area contributed by atoms with Gasteiger partial charge in [-0.1, -0.05) is 0 Å². The normalized spacial score (nSPS) is 17.5. The van der Waals surface area contributed by atoms with Gasteiger partial charge < -0.3 is 11.1 Å². The summed E-state index contributed by atoms with van der Waals surface area (Å²) >= 11 is 0. The quantitative estimate of drug-likeness (QED) is 0.882. The molecule has 1 amide bonds. The van der Waals surface area contributed by atoms with E-state index in [0.717, 1.165) is 12.8 Å². The van der Waals surface area contributed by atoms with E-state index in [1.807, 2.05) is 6.92 Å². The van der Waals surface area contributed by atoms with Crippen LogP contribution in [-0.4, -0.2) is 18.0 Å². The van der Waals surface area contributed by atoms with Crippen molar-refractivity contribution in [3.8, 4) is 0 Å². The van der Waals surface area contributed by atoms with E-state index >= 15 is 0 Å². The Kier molecular flexibility index (Phi) is 4.71. The number of nitrogens with two attached hydrogens (primary N) is 1. The molecule has 0 bridgehead atoms. The van der Waals surface area contributed by atoms with Crippen LogP contribution in [0.1, 0.15) is 30.1 Å². The molecule has 0 radical (unpaired) electrons. The fourth-order valence-corrected chi connectivity index (χ4v) is 1.97. The summed E-state index contributed by atoms with van der Waals surface area (Å²) < 4.78 is 12.7. The zero-order valence-corrected chi connectivity index (χ0v) is 11.1. The van der Waals surface area contributed by atoms with Crippen LogP contribution >= 0.6 is 12.4 Å². The fraction of sp³-hybridized carbons (Fsp3) is 0.462. The van der Waals surface area contributed by atoms with Crippen LogP contribution in [0.2, 0.25) is 0 Å². The number of halogens is 2. The lowest BCUT2D eigenvalue weighted by Crippen LogP contribution is -2.53. The number of amides is 1. The third-order valence-electron chi connectivity index (χ3n) is 3.41. The van der Waals surface area contributed by atoms with Crippen LogP contribution in [0.4, 0.5) is 4.39 Å². The van der Waals surface area contributed by atoms with Gasteiger partial charge >= 0.3 is 0 Å². The van der Waals surface area contributed by atoms with Crippen molar-refractivity contribution in [1.82, 2.24) is 5.32 Å². The molecule has 1 aliphatic rings. The maximum Gasteiger partial charge on any atom is 0.251 e. The number of carbonyl (C=O) groups excluding carboxylic acids is 1. The lowest BCUT2D eigenvalue weighted by Gasteiger charge is -2.29. The summed E-state index contributed by atoms with van der Waals surface area (Å²) in [6, 6.07) is 5.53. The average molecular weight is 273 g/mol. The first kappa shape index (κ1) is 14.9. The van der Waals surface area contributed by atoms with Crippen molar-refractivity contribution in [1.29, 1.82) is 0 Å². The summed E-state index contributed by atoms with van der Waals surface area (Å²) in [5.41, 5.74) is 5.85. The highest BCUT2D eigenvalue weighted by atomic mass is 35.5. The summed E-state index contributed by atoms with van der Waals surface area (Å²) in [6.45, 7) is 2.39. The first-order valence-electron chi connectivity index (χ1n) is 5.83. The molecule has 1 unspecified atom stereocenters. The highest BCUT2D eigenvalue weighted by Gasteiger charge is 2.41. The Bertz CT molecular complexity index is 420. The van der Waals surface area contributed by atoms with Gasteiger partial charge in [0.15, 0.2) is 0 Å². The lowest BCUT2D eigenvalue weighted by atomic mass is 9.95. The third-order valence-corrected chi connectivity index (χ3v) is 3.41. The molecule has 3 N–H and O–H groups in total. The Morgan fingerprint density at radius 1 is 1.44 bits per heavy atom. The molecule has 100 valence electrons. The van der Waals surface area contributed by atoms with Crippen LogP contribution in [-0.2, 0) is 0 Å². The zero-order valence-electron chi connectivity index (χ0n) is 10.3. The second-order valence-electron chi connectivity index (χ2n) is 4.86.